The fraction of sp³-hybridized carbons (Fsp3) is 0.0435. The lowest BCUT2D eigenvalue weighted by atomic mass is 10.0. The predicted octanol–water partition coefficient (Wildman–Crippen LogP) is 3.00. The van der Waals surface area contributed by atoms with E-state index in [2.05, 4.69) is 26.0 Å². The molecule has 0 radical (unpaired) electrons. The molecule has 0 bridgehead atoms. The molecule has 0 fully saturated rings. The molecule has 0 aliphatic carbocycles. The minimum atomic E-state index is -0.595. The highest BCUT2D eigenvalue weighted by Gasteiger charge is 2.15. The first-order valence-electron chi connectivity index (χ1n) is 10.2. The molecule has 3 aromatic carbocycles. The number of hydrogen-bond acceptors (Lipinski definition) is 8. The molecule has 0 aliphatic heterocycles. The second kappa shape index (κ2) is 9.20. The molecule has 11 heteroatoms. The molecule has 1 heterocycles. The van der Waals surface area contributed by atoms with Crippen LogP contribution in [0.1, 0.15) is 10.4 Å². The molecule has 0 spiro atoms. The van der Waals surface area contributed by atoms with E-state index >= 15 is 0 Å². The minimum absolute atomic E-state index is 0.0702. The van der Waals surface area contributed by atoms with E-state index in [4.69, 9.17) is 11.5 Å². The molecule has 0 atom stereocenters. The Morgan fingerprint density at radius 1 is 0.912 bits per heavy atom. The molecule has 8 N–H and O–H groups in total. The van der Waals surface area contributed by atoms with Crippen molar-refractivity contribution in [1.29, 1.82) is 0 Å². The van der Waals surface area contributed by atoms with Crippen molar-refractivity contribution in [3.05, 3.63) is 72.3 Å². The maximum absolute atomic E-state index is 12.6. The monoisotopic (exact) mass is 458 g/mol. The molecule has 34 heavy (non-hydrogen) atoms. The van der Waals surface area contributed by atoms with Crippen LogP contribution in [-0.4, -0.2) is 38.9 Å². The van der Waals surface area contributed by atoms with E-state index in [1.165, 1.54) is 6.07 Å². The number of hydrogen-bond donors (Lipinski definition) is 6. The number of anilines is 5. The average Bonchev–Trinajstić information content (AvgIpc) is 3.19. The van der Waals surface area contributed by atoms with Crippen LogP contribution in [0.25, 0.3) is 11.1 Å². The number of aromatic hydroxyl groups is 1. The third-order valence-electron chi connectivity index (χ3n) is 4.86. The molecule has 0 unspecified atom stereocenters. The topological polar surface area (TPSA) is 173 Å². The Kier molecular flexibility index (Phi) is 5.99. The van der Waals surface area contributed by atoms with Gasteiger partial charge in [0.05, 0.1) is 0 Å². The number of nitrogens with zero attached hydrogens (tertiary/aromatic N) is 3. The van der Waals surface area contributed by atoms with E-state index in [0.717, 1.165) is 15.8 Å². The van der Waals surface area contributed by atoms with Crippen LogP contribution in [0, 0.1) is 0 Å². The Hall–Kier alpha value is -5.06. The van der Waals surface area contributed by atoms with Crippen LogP contribution in [0.2, 0.25) is 0 Å². The summed E-state index contributed by atoms with van der Waals surface area (Å²) in [5.41, 5.74) is 15.3. The molecule has 0 saturated carbocycles. The Morgan fingerprint density at radius 2 is 1.59 bits per heavy atom. The van der Waals surface area contributed by atoms with Gasteiger partial charge in [0.2, 0.25) is 11.9 Å². The van der Waals surface area contributed by atoms with Crippen molar-refractivity contribution in [2.75, 3.05) is 29.1 Å². The van der Waals surface area contributed by atoms with Crippen molar-refractivity contribution < 1.29 is 14.7 Å². The van der Waals surface area contributed by atoms with Gasteiger partial charge in [-0.3, -0.25) is 4.79 Å². The maximum Gasteiger partial charge on any atom is 0.349 e. The first-order chi connectivity index (χ1) is 16.3. The van der Waals surface area contributed by atoms with Gasteiger partial charge in [0.1, 0.15) is 5.75 Å². The number of carbonyl (C=O) groups excluding carboxylic acids is 2. The Bertz CT molecular complexity index is 1330. The van der Waals surface area contributed by atoms with Crippen LogP contribution in [0.15, 0.2) is 66.7 Å². The average molecular weight is 458 g/mol. The summed E-state index contributed by atoms with van der Waals surface area (Å²) in [5, 5.41) is 22.0. The fourth-order valence-electron chi connectivity index (χ4n) is 3.23. The van der Waals surface area contributed by atoms with Gasteiger partial charge in [-0.2, -0.15) is 4.98 Å². The van der Waals surface area contributed by atoms with Crippen LogP contribution in [0.5, 0.6) is 5.75 Å². The lowest BCUT2D eigenvalue weighted by Crippen LogP contribution is -2.22. The quantitative estimate of drug-likeness (QED) is 0.248. The smallest absolute Gasteiger partial charge is 0.349 e. The number of rotatable bonds is 5. The van der Waals surface area contributed by atoms with E-state index in [-0.39, 0.29) is 23.6 Å². The van der Waals surface area contributed by atoms with Gasteiger partial charge in [-0.1, -0.05) is 12.1 Å². The van der Waals surface area contributed by atoms with Crippen LogP contribution in [-0.2, 0) is 0 Å². The Morgan fingerprint density at radius 3 is 2.24 bits per heavy atom. The number of phenolic OH excluding ortho intramolecular Hbond substituents is 1. The molecule has 4 rings (SSSR count). The van der Waals surface area contributed by atoms with Crippen LogP contribution in [0.4, 0.5) is 33.8 Å². The maximum atomic E-state index is 12.6. The van der Waals surface area contributed by atoms with Crippen molar-refractivity contribution in [3.63, 3.8) is 0 Å². The molecule has 4 aromatic rings. The number of nitrogens with one attached hydrogen (secondary N) is 3. The molecule has 0 saturated heterocycles. The third-order valence-corrected chi connectivity index (χ3v) is 4.86. The van der Waals surface area contributed by atoms with Gasteiger partial charge in [0, 0.05) is 35.7 Å². The number of amides is 2. The van der Waals surface area contributed by atoms with Crippen LogP contribution < -0.4 is 27.4 Å². The summed E-state index contributed by atoms with van der Waals surface area (Å²) in [7, 11) is 1.55. The van der Waals surface area contributed by atoms with Gasteiger partial charge < -0.3 is 32.5 Å². The predicted molar refractivity (Wildman–Crippen MR) is 130 cm³/mol. The van der Waals surface area contributed by atoms with E-state index in [1.807, 2.05) is 0 Å². The zero-order valence-electron chi connectivity index (χ0n) is 18.1. The molecular formula is C23H22N8O3. The third kappa shape index (κ3) is 4.88. The summed E-state index contributed by atoms with van der Waals surface area (Å²) in [5.74, 6) is -0.110. The lowest BCUT2D eigenvalue weighted by molar-refractivity contribution is 0.0963. The summed E-state index contributed by atoms with van der Waals surface area (Å²) < 4.78 is 0.936. The van der Waals surface area contributed by atoms with Crippen LogP contribution >= 0.6 is 0 Å². The van der Waals surface area contributed by atoms with Crippen molar-refractivity contribution in [2.24, 2.45) is 0 Å². The van der Waals surface area contributed by atoms with E-state index in [1.54, 1.807) is 67.7 Å². The first kappa shape index (κ1) is 22.1. The van der Waals surface area contributed by atoms with E-state index in [9.17, 15) is 14.7 Å². The van der Waals surface area contributed by atoms with Gasteiger partial charge in [0.15, 0.2) is 0 Å². The fourth-order valence-corrected chi connectivity index (χ4v) is 3.23. The summed E-state index contributed by atoms with van der Waals surface area (Å²) >= 11 is 0. The Labute approximate surface area is 194 Å². The zero-order chi connectivity index (χ0) is 24.2. The SMILES string of the molecule is CNC(=O)c1ccc(Nc2nc(N)n(C(=O)Nc3ccc(-c4cc(N)cc(O)c4)cc3)n2)cc1. The molecule has 1 aromatic heterocycles. The van der Waals surface area contributed by atoms with Crippen molar-refractivity contribution >= 4 is 40.9 Å². The summed E-state index contributed by atoms with van der Waals surface area (Å²) in [4.78, 5) is 28.3. The van der Waals surface area contributed by atoms with Gasteiger partial charge in [0.25, 0.3) is 5.91 Å². The largest absolute Gasteiger partial charge is 0.508 e. The number of benzene rings is 3. The standard InChI is InChI=1S/C23H22N8O3/c1-26-20(33)14-4-8-17(9-5-14)27-22-29-21(25)31(30-22)23(34)28-18-6-2-13(3-7-18)15-10-16(24)12-19(32)11-15/h2-12,32H,24H2,1H3,(H,26,33)(H,28,34)(H3,25,27,29,30). The van der Waals surface area contributed by atoms with E-state index in [0.29, 0.717) is 22.6 Å². The second-order valence-corrected chi connectivity index (χ2v) is 7.31. The highest BCUT2D eigenvalue weighted by molar-refractivity contribution is 5.94. The number of nitrogens with two attached hydrogens (primary N) is 2. The number of aromatic nitrogens is 3. The molecule has 2 amide bonds. The number of phenols is 1. The second-order valence-electron chi connectivity index (χ2n) is 7.31. The summed E-state index contributed by atoms with van der Waals surface area (Å²) in [6, 6.07) is 17.8. The lowest BCUT2D eigenvalue weighted by Gasteiger charge is -2.08. The Balaban J connectivity index is 1.44. The minimum Gasteiger partial charge on any atom is -0.508 e. The molecule has 0 aliphatic rings. The van der Waals surface area contributed by atoms with Crippen molar-refractivity contribution in [2.45, 2.75) is 0 Å². The van der Waals surface area contributed by atoms with E-state index < -0.39 is 6.03 Å². The normalized spacial score (nSPS) is 10.5. The van der Waals surface area contributed by atoms with Gasteiger partial charge >= 0.3 is 6.03 Å². The highest BCUT2D eigenvalue weighted by atomic mass is 16.3. The molecule has 11 nitrogen and oxygen atoms in total. The molecular weight excluding hydrogens is 436 g/mol. The molecule has 172 valence electrons. The number of carbonyl (C=O) groups is 2. The zero-order valence-corrected chi connectivity index (χ0v) is 18.1. The number of nitrogen functional groups attached to an aromatic ring is 2. The van der Waals surface area contributed by atoms with Crippen molar-refractivity contribution in [1.82, 2.24) is 20.1 Å². The summed E-state index contributed by atoms with van der Waals surface area (Å²) in [6.07, 6.45) is 0. The van der Waals surface area contributed by atoms with Gasteiger partial charge in [-0.05, 0) is 59.7 Å². The summed E-state index contributed by atoms with van der Waals surface area (Å²) in [6.45, 7) is 0. The van der Waals surface area contributed by atoms with Gasteiger partial charge in [-0.25, -0.2) is 4.79 Å². The van der Waals surface area contributed by atoms with Crippen LogP contribution in [0.3, 0.4) is 0 Å². The first-order valence-corrected chi connectivity index (χ1v) is 10.2. The van der Waals surface area contributed by atoms with Gasteiger partial charge in [-0.15, -0.1) is 9.78 Å². The van der Waals surface area contributed by atoms with Crippen molar-refractivity contribution in [3.8, 4) is 16.9 Å². The highest BCUT2D eigenvalue weighted by Crippen LogP contribution is 2.27.